The number of hydrogen-bond acceptors (Lipinski definition) is 4. The van der Waals surface area contributed by atoms with Crippen LogP contribution >= 0.6 is 0 Å². The largest absolute Gasteiger partial charge is 0.496 e. The van der Waals surface area contributed by atoms with Gasteiger partial charge >= 0.3 is 0 Å². The van der Waals surface area contributed by atoms with E-state index in [9.17, 15) is 0 Å². The summed E-state index contributed by atoms with van der Waals surface area (Å²) in [6.45, 7) is 6.79. The summed E-state index contributed by atoms with van der Waals surface area (Å²) in [5.41, 5.74) is 8.62. The van der Waals surface area contributed by atoms with Crippen LogP contribution in [-0.4, -0.2) is 18.6 Å². The van der Waals surface area contributed by atoms with Crippen molar-refractivity contribution >= 4 is 0 Å². The molecule has 0 unspecified atom stereocenters. The van der Waals surface area contributed by atoms with E-state index in [4.69, 9.17) is 14.9 Å². The van der Waals surface area contributed by atoms with E-state index in [-0.39, 0.29) is 0 Å². The van der Waals surface area contributed by atoms with Crippen molar-refractivity contribution in [3.63, 3.8) is 0 Å². The molecule has 20 heavy (non-hydrogen) atoms. The summed E-state index contributed by atoms with van der Waals surface area (Å²) in [4.78, 5) is 4.55. The van der Waals surface area contributed by atoms with Crippen LogP contribution in [0.4, 0.5) is 0 Å². The summed E-state index contributed by atoms with van der Waals surface area (Å²) in [5, 5.41) is 0. The van der Waals surface area contributed by atoms with Crippen LogP contribution in [0.15, 0.2) is 22.6 Å². The number of nitrogens with two attached hydrogens (primary N) is 1. The Morgan fingerprint density at radius 1 is 1.35 bits per heavy atom. The average Bonchev–Trinajstić information content (AvgIpc) is 2.79. The van der Waals surface area contributed by atoms with E-state index >= 15 is 0 Å². The summed E-state index contributed by atoms with van der Waals surface area (Å²) in [7, 11) is 1.67. The van der Waals surface area contributed by atoms with Crippen molar-refractivity contribution < 1.29 is 9.15 Å². The summed E-state index contributed by atoms with van der Waals surface area (Å²) >= 11 is 0. The molecule has 0 aliphatic rings. The van der Waals surface area contributed by atoms with E-state index in [1.807, 2.05) is 13.0 Å². The monoisotopic (exact) mass is 274 g/mol. The molecule has 0 amide bonds. The highest BCUT2D eigenvalue weighted by Gasteiger charge is 2.16. The fourth-order valence-electron chi connectivity index (χ4n) is 2.20. The molecule has 0 saturated heterocycles. The third kappa shape index (κ3) is 2.85. The van der Waals surface area contributed by atoms with E-state index < -0.39 is 0 Å². The van der Waals surface area contributed by atoms with Gasteiger partial charge in [-0.25, -0.2) is 4.98 Å². The van der Waals surface area contributed by atoms with Gasteiger partial charge in [0.25, 0.3) is 0 Å². The zero-order valence-corrected chi connectivity index (χ0v) is 12.6. The number of hydrogen-bond donors (Lipinski definition) is 1. The maximum Gasteiger partial charge on any atom is 0.196 e. The fraction of sp³-hybridized carbons (Fsp3) is 0.438. The van der Waals surface area contributed by atoms with Gasteiger partial charge in [0.05, 0.1) is 7.11 Å². The fourth-order valence-corrected chi connectivity index (χ4v) is 2.20. The molecule has 0 saturated carbocycles. The lowest BCUT2D eigenvalue weighted by Gasteiger charge is -2.11. The number of benzene rings is 1. The van der Waals surface area contributed by atoms with Gasteiger partial charge in [0, 0.05) is 18.5 Å². The highest BCUT2D eigenvalue weighted by molar-refractivity contribution is 5.69. The van der Waals surface area contributed by atoms with Crippen molar-refractivity contribution in [3.05, 3.63) is 35.4 Å². The highest BCUT2D eigenvalue weighted by atomic mass is 16.5. The van der Waals surface area contributed by atoms with Gasteiger partial charge in [-0.15, -0.1) is 0 Å². The molecule has 2 N–H and O–H groups in total. The third-order valence-electron chi connectivity index (χ3n) is 3.34. The molecule has 2 rings (SSSR count). The van der Waals surface area contributed by atoms with Crippen molar-refractivity contribution in [2.24, 2.45) is 5.73 Å². The normalized spacial score (nSPS) is 11.1. The van der Waals surface area contributed by atoms with E-state index in [0.717, 1.165) is 22.8 Å². The number of aryl methyl sites for hydroxylation is 1. The molecule has 0 aliphatic heterocycles. The Morgan fingerprint density at radius 3 is 2.70 bits per heavy atom. The van der Waals surface area contributed by atoms with Crippen molar-refractivity contribution in [1.82, 2.24) is 4.98 Å². The molecule has 0 spiro atoms. The number of rotatable bonds is 5. The van der Waals surface area contributed by atoms with Crippen molar-refractivity contribution in [3.8, 4) is 17.0 Å². The van der Waals surface area contributed by atoms with Gasteiger partial charge in [0.1, 0.15) is 17.2 Å². The number of nitrogens with zero attached hydrogens (tertiary/aromatic N) is 1. The number of methoxy groups -OCH3 is 1. The molecule has 0 atom stereocenters. The summed E-state index contributed by atoms with van der Waals surface area (Å²) < 4.78 is 11.1. The van der Waals surface area contributed by atoms with Crippen LogP contribution in [0, 0.1) is 6.92 Å². The predicted octanol–water partition coefficient (Wildman–Crippen LogP) is 3.28. The topological polar surface area (TPSA) is 61.3 Å². The Hall–Kier alpha value is -1.81. The van der Waals surface area contributed by atoms with E-state index in [2.05, 4.69) is 31.0 Å². The van der Waals surface area contributed by atoms with Gasteiger partial charge in [-0.1, -0.05) is 19.9 Å². The first kappa shape index (κ1) is 14.6. The Labute approximate surface area is 120 Å². The third-order valence-corrected chi connectivity index (χ3v) is 3.34. The maximum absolute atomic E-state index is 5.66. The molecule has 4 heteroatoms. The smallest absolute Gasteiger partial charge is 0.196 e. The van der Waals surface area contributed by atoms with Crippen LogP contribution in [0.2, 0.25) is 0 Å². The molecule has 1 aromatic heterocycles. The van der Waals surface area contributed by atoms with Crippen LogP contribution in [0.5, 0.6) is 5.75 Å². The molecule has 1 aromatic carbocycles. The molecule has 0 aliphatic carbocycles. The number of aromatic nitrogens is 1. The van der Waals surface area contributed by atoms with Crippen LogP contribution in [0.3, 0.4) is 0 Å². The van der Waals surface area contributed by atoms with E-state index in [0.29, 0.717) is 24.8 Å². The molecular formula is C16H22N2O2. The van der Waals surface area contributed by atoms with Crippen LogP contribution in [0.25, 0.3) is 11.3 Å². The van der Waals surface area contributed by atoms with Crippen molar-refractivity contribution in [1.29, 1.82) is 0 Å². The molecule has 4 nitrogen and oxygen atoms in total. The van der Waals surface area contributed by atoms with Crippen molar-refractivity contribution in [2.45, 2.75) is 33.1 Å². The zero-order valence-electron chi connectivity index (χ0n) is 12.6. The Morgan fingerprint density at radius 2 is 2.10 bits per heavy atom. The summed E-state index contributed by atoms with van der Waals surface area (Å²) in [5.74, 6) is 2.74. The zero-order chi connectivity index (χ0) is 14.7. The Bertz CT molecular complexity index is 588. The molecule has 2 aromatic rings. The molecule has 0 bridgehead atoms. The number of ether oxygens (including phenoxy) is 1. The van der Waals surface area contributed by atoms with Crippen LogP contribution in [-0.2, 0) is 6.42 Å². The van der Waals surface area contributed by atoms with Gasteiger partial charge in [-0.05, 0) is 30.5 Å². The van der Waals surface area contributed by atoms with E-state index in [1.54, 1.807) is 7.11 Å². The first-order chi connectivity index (χ1) is 9.56. The van der Waals surface area contributed by atoms with Gasteiger partial charge in [-0.3, -0.25) is 0 Å². The van der Waals surface area contributed by atoms with Gasteiger partial charge in [-0.2, -0.15) is 0 Å². The quantitative estimate of drug-likeness (QED) is 0.909. The van der Waals surface area contributed by atoms with Crippen LogP contribution < -0.4 is 10.5 Å². The lowest BCUT2D eigenvalue weighted by molar-refractivity contribution is 0.416. The van der Waals surface area contributed by atoms with Gasteiger partial charge < -0.3 is 14.9 Å². The molecule has 1 heterocycles. The first-order valence-corrected chi connectivity index (χ1v) is 6.91. The van der Waals surface area contributed by atoms with Gasteiger partial charge in [0.15, 0.2) is 5.89 Å². The Balaban J connectivity index is 2.52. The Kier molecular flexibility index (Phi) is 4.45. The second-order valence-electron chi connectivity index (χ2n) is 5.17. The summed E-state index contributed by atoms with van der Waals surface area (Å²) in [6, 6.07) is 6.20. The highest BCUT2D eigenvalue weighted by Crippen LogP contribution is 2.34. The van der Waals surface area contributed by atoms with Crippen molar-refractivity contribution in [2.75, 3.05) is 13.7 Å². The minimum Gasteiger partial charge on any atom is -0.496 e. The first-order valence-electron chi connectivity index (χ1n) is 6.91. The maximum atomic E-state index is 5.66. The molecule has 0 radical (unpaired) electrons. The predicted molar refractivity (Wildman–Crippen MR) is 80.1 cm³/mol. The molecule has 0 fully saturated rings. The second-order valence-corrected chi connectivity index (χ2v) is 5.17. The standard InChI is InChI=1S/C16H22N2O2/c1-10(2)12-5-6-14(19-4)13(9-12)16-11(3)20-15(18-16)7-8-17/h5-6,9-10H,7-8,17H2,1-4H3. The summed E-state index contributed by atoms with van der Waals surface area (Å²) in [6.07, 6.45) is 0.646. The van der Waals surface area contributed by atoms with Crippen LogP contribution in [0.1, 0.15) is 37.0 Å². The minimum absolute atomic E-state index is 0.454. The molecule has 108 valence electrons. The lowest BCUT2D eigenvalue weighted by atomic mass is 9.98. The SMILES string of the molecule is COc1ccc(C(C)C)cc1-c1nc(CCN)oc1C. The van der Waals surface area contributed by atoms with E-state index in [1.165, 1.54) is 5.56 Å². The average molecular weight is 274 g/mol. The lowest BCUT2D eigenvalue weighted by Crippen LogP contribution is -2.02. The second kappa shape index (κ2) is 6.09. The number of oxazole rings is 1. The van der Waals surface area contributed by atoms with Gasteiger partial charge in [0.2, 0.25) is 0 Å². The molecular weight excluding hydrogens is 252 g/mol. The minimum atomic E-state index is 0.454.